The molecule has 0 bridgehead atoms. The quantitative estimate of drug-likeness (QED) is 0.337. The first-order valence-corrected chi connectivity index (χ1v) is 9.83. The molecule has 0 amide bonds. The highest BCUT2D eigenvalue weighted by Crippen LogP contribution is 2.42. The van der Waals surface area contributed by atoms with Crippen LogP contribution < -0.4 is 0 Å². The van der Waals surface area contributed by atoms with E-state index in [1.807, 2.05) is 0 Å². The number of rotatable bonds is 7. The first-order valence-electron chi connectivity index (χ1n) is 9.83. The van der Waals surface area contributed by atoms with Crippen LogP contribution in [0, 0.1) is 23.2 Å². The van der Waals surface area contributed by atoms with E-state index in [2.05, 4.69) is 84.1 Å². The van der Waals surface area contributed by atoms with Crippen LogP contribution in [-0.4, -0.2) is 0 Å². The molecular weight excluding hydrogens is 288 g/mol. The Morgan fingerprint density at radius 2 is 1.92 bits per heavy atom. The molecule has 3 atom stereocenters. The number of fused-ring (bicyclic) bond motifs is 1. The second-order valence-electron chi connectivity index (χ2n) is 8.24. The van der Waals surface area contributed by atoms with Gasteiger partial charge in [-0.05, 0) is 42.7 Å². The van der Waals surface area contributed by atoms with Crippen LogP contribution in [0.1, 0.15) is 67.2 Å². The Bertz CT molecular complexity index is 577. The summed E-state index contributed by atoms with van der Waals surface area (Å²) in [6, 6.07) is 0. The van der Waals surface area contributed by atoms with Gasteiger partial charge in [-0.3, -0.25) is 0 Å². The fraction of sp³-hybridized carbons (Fsp3) is 0.583. The molecule has 2 rings (SSSR count). The summed E-state index contributed by atoms with van der Waals surface area (Å²) >= 11 is 0. The molecule has 0 heteroatoms. The van der Waals surface area contributed by atoms with Gasteiger partial charge in [0.15, 0.2) is 0 Å². The van der Waals surface area contributed by atoms with Gasteiger partial charge in [-0.2, -0.15) is 0 Å². The van der Waals surface area contributed by atoms with Gasteiger partial charge in [-0.25, -0.2) is 0 Å². The molecule has 0 aromatic rings. The summed E-state index contributed by atoms with van der Waals surface area (Å²) < 4.78 is 0. The molecule has 3 unspecified atom stereocenters. The summed E-state index contributed by atoms with van der Waals surface area (Å²) in [7, 11) is 0. The molecule has 0 aromatic carbocycles. The van der Waals surface area contributed by atoms with Crippen LogP contribution in [0.4, 0.5) is 0 Å². The van der Waals surface area contributed by atoms with Crippen LogP contribution >= 0.6 is 0 Å². The van der Waals surface area contributed by atoms with Crippen LogP contribution in [0.5, 0.6) is 0 Å². The summed E-state index contributed by atoms with van der Waals surface area (Å²) in [5.74, 6) is 1.60. The van der Waals surface area contributed by atoms with E-state index in [4.69, 9.17) is 0 Å². The molecule has 0 radical (unpaired) electrons. The molecule has 2 aliphatic rings. The van der Waals surface area contributed by atoms with Gasteiger partial charge in [0.05, 0.1) is 0 Å². The minimum Gasteiger partial charge on any atom is -0.0911 e. The first-order chi connectivity index (χ1) is 11.4. The summed E-state index contributed by atoms with van der Waals surface area (Å²) in [5, 5.41) is 0. The van der Waals surface area contributed by atoms with Gasteiger partial charge in [0.25, 0.3) is 0 Å². The Morgan fingerprint density at radius 1 is 1.17 bits per heavy atom. The van der Waals surface area contributed by atoms with Gasteiger partial charge in [-0.1, -0.05) is 95.1 Å². The standard InChI is InChI=1S/C24H36/c1-7-9-10-16-24(5,6)21-13-15-23-19(4)22(18(3)11-8-2)14-12-20(23)17-21/h8,11-15,17-18,20,23H,7,9-10,16H2,1-6H3. The highest BCUT2D eigenvalue weighted by molar-refractivity contribution is 5.44. The third-order valence-corrected chi connectivity index (χ3v) is 5.88. The van der Waals surface area contributed by atoms with Gasteiger partial charge < -0.3 is 0 Å². The van der Waals surface area contributed by atoms with Crippen LogP contribution in [0.2, 0.25) is 0 Å². The van der Waals surface area contributed by atoms with Crippen molar-refractivity contribution in [3.63, 3.8) is 0 Å². The highest BCUT2D eigenvalue weighted by atomic mass is 14.3. The smallest absolute Gasteiger partial charge is 0.00811 e. The van der Waals surface area contributed by atoms with Crippen molar-refractivity contribution < 1.29 is 0 Å². The Labute approximate surface area is 150 Å². The lowest BCUT2D eigenvalue weighted by atomic mass is 9.69. The average molecular weight is 325 g/mol. The molecule has 0 aromatic heterocycles. The first kappa shape index (κ1) is 19.0. The summed E-state index contributed by atoms with van der Waals surface area (Å²) in [4.78, 5) is 0. The normalized spacial score (nSPS) is 25.2. The van der Waals surface area contributed by atoms with Crippen molar-refractivity contribution >= 4 is 0 Å². The number of unbranched alkanes of at least 4 members (excludes halogenated alkanes) is 2. The molecule has 0 saturated heterocycles. The van der Waals surface area contributed by atoms with Crippen molar-refractivity contribution in [2.75, 3.05) is 0 Å². The maximum absolute atomic E-state index is 2.54. The lowest BCUT2D eigenvalue weighted by Crippen LogP contribution is -2.23. The zero-order chi connectivity index (χ0) is 17.7. The largest absolute Gasteiger partial charge is 0.0911 e. The van der Waals surface area contributed by atoms with Gasteiger partial charge in [0.1, 0.15) is 0 Å². The van der Waals surface area contributed by atoms with E-state index in [1.165, 1.54) is 36.8 Å². The molecule has 0 spiro atoms. The SMILES string of the molecule is CC=CC(C)C1=C(C)C2C=CC(C(C)(C)CCCCC)=CC2C=C1. The molecule has 0 fully saturated rings. The average Bonchev–Trinajstić information content (AvgIpc) is 2.55. The predicted molar refractivity (Wildman–Crippen MR) is 108 cm³/mol. The van der Waals surface area contributed by atoms with Crippen LogP contribution in [-0.2, 0) is 0 Å². The van der Waals surface area contributed by atoms with Crippen molar-refractivity contribution in [1.29, 1.82) is 0 Å². The predicted octanol–water partition coefficient (Wildman–Crippen LogP) is 7.42. The molecule has 0 aliphatic heterocycles. The number of allylic oxidation sites excluding steroid dienone is 10. The molecule has 132 valence electrons. The third-order valence-electron chi connectivity index (χ3n) is 5.88. The maximum atomic E-state index is 2.54. The maximum Gasteiger partial charge on any atom is 0.00811 e. The van der Waals surface area contributed by atoms with E-state index < -0.39 is 0 Å². The molecule has 24 heavy (non-hydrogen) atoms. The van der Waals surface area contributed by atoms with Crippen molar-refractivity contribution in [3.8, 4) is 0 Å². The lowest BCUT2D eigenvalue weighted by molar-refractivity contribution is 0.388. The van der Waals surface area contributed by atoms with Crippen molar-refractivity contribution in [3.05, 3.63) is 59.3 Å². The topological polar surface area (TPSA) is 0 Å². The third kappa shape index (κ3) is 4.21. The van der Waals surface area contributed by atoms with E-state index in [1.54, 1.807) is 5.57 Å². The van der Waals surface area contributed by atoms with E-state index in [0.717, 1.165) is 0 Å². The van der Waals surface area contributed by atoms with Crippen molar-refractivity contribution in [2.24, 2.45) is 23.2 Å². The Balaban J connectivity index is 2.16. The highest BCUT2D eigenvalue weighted by Gasteiger charge is 2.30. The molecule has 0 N–H and O–H groups in total. The van der Waals surface area contributed by atoms with Crippen molar-refractivity contribution in [2.45, 2.75) is 67.2 Å². The summed E-state index contributed by atoms with van der Waals surface area (Å²) in [6.45, 7) is 13.8. The van der Waals surface area contributed by atoms with Crippen LogP contribution in [0.3, 0.4) is 0 Å². The minimum atomic E-state index is 0.292. The van der Waals surface area contributed by atoms with E-state index in [0.29, 0.717) is 23.2 Å². The van der Waals surface area contributed by atoms with Gasteiger partial charge >= 0.3 is 0 Å². The second-order valence-corrected chi connectivity index (χ2v) is 8.24. The monoisotopic (exact) mass is 324 g/mol. The van der Waals surface area contributed by atoms with Gasteiger partial charge in [0, 0.05) is 11.8 Å². The minimum absolute atomic E-state index is 0.292. The van der Waals surface area contributed by atoms with E-state index in [-0.39, 0.29) is 0 Å². The molecule has 0 saturated carbocycles. The Morgan fingerprint density at radius 3 is 2.58 bits per heavy atom. The summed E-state index contributed by atoms with van der Waals surface area (Å²) in [5.41, 5.74) is 4.87. The molecule has 0 heterocycles. The van der Waals surface area contributed by atoms with Crippen molar-refractivity contribution in [1.82, 2.24) is 0 Å². The van der Waals surface area contributed by atoms with E-state index >= 15 is 0 Å². The van der Waals surface area contributed by atoms with Crippen LogP contribution in [0.25, 0.3) is 0 Å². The molecule has 2 aliphatic carbocycles. The fourth-order valence-corrected chi connectivity index (χ4v) is 4.16. The zero-order valence-electron chi connectivity index (χ0n) is 16.6. The second kappa shape index (κ2) is 8.19. The Hall–Kier alpha value is -1.30. The lowest BCUT2D eigenvalue weighted by Gasteiger charge is -2.35. The van der Waals surface area contributed by atoms with E-state index in [9.17, 15) is 0 Å². The fourth-order valence-electron chi connectivity index (χ4n) is 4.16. The Kier molecular flexibility index (Phi) is 6.49. The zero-order valence-corrected chi connectivity index (χ0v) is 16.6. The number of hydrogen-bond acceptors (Lipinski definition) is 0. The molecule has 0 nitrogen and oxygen atoms in total. The van der Waals surface area contributed by atoms with Crippen LogP contribution in [0.15, 0.2) is 59.3 Å². The van der Waals surface area contributed by atoms with Gasteiger partial charge in [0.2, 0.25) is 0 Å². The number of hydrogen-bond donors (Lipinski definition) is 0. The molecular formula is C24H36. The summed E-state index contributed by atoms with van der Waals surface area (Å²) in [6.07, 6.45) is 21.9. The van der Waals surface area contributed by atoms with Gasteiger partial charge in [-0.15, -0.1) is 0 Å².